The molecule has 1 aliphatic rings. The molecule has 1 N–H and O–H groups in total. The molecule has 8 heteroatoms. The van der Waals surface area contributed by atoms with Gasteiger partial charge in [0.25, 0.3) is 0 Å². The summed E-state index contributed by atoms with van der Waals surface area (Å²) >= 11 is 1.43. The third-order valence-corrected chi connectivity index (χ3v) is 4.91. The summed E-state index contributed by atoms with van der Waals surface area (Å²) in [5, 5.41) is 15.4. The lowest BCUT2D eigenvalue weighted by Crippen LogP contribution is -2.32. The number of nitrogens with one attached hydrogen (secondary N) is 1. The third kappa shape index (κ3) is 4.95. The molecule has 0 spiro atoms. The van der Waals surface area contributed by atoms with Gasteiger partial charge < -0.3 is 10.1 Å². The Kier molecular flexibility index (Phi) is 7.11. The van der Waals surface area contributed by atoms with Gasteiger partial charge in [-0.3, -0.25) is 4.79 Å². The molecule has 0 radical (unpaired) electrons. The summed E-state index contributed by atoms with van der Waals surface area (Å²) in [4.78, 5) is 12.1. The first-order chi connectivity index (χ1) is 10.7. The van der Waals surface area contributed by atoms with E-state index < -0.39 is 0 Å². The van der Waals surface area contributed by atoms with E-state index in [4.69, 9.17) is 4.74 Å². The van der Waals surface area contributed by atoms with E-state index in [9.17, 15) is 4.79 Å². The van der Waals surface area contributed by atoms with Crippen LogP contribution < -0.4 is 5.32 Å². The van der Waals surface area contributed by atoms with Crippen LogP contribution in [0.4, 0.5) is 0 Å². The zero-order valence-corrected chi connectivity index (χ0v) is 14.1. The number of tetrazole rings is 1. The second-order valence-electron chi connectivity index (χ2n) is 5.60. The summed E-state index contributed by atoms with van der Waals surface area (Å²) in [6.45, 7) is 3.17. The maximum absolute atomic E-state index is 12.1. The van der Waals surface area contributed by atoms with Crippen LogP contribution in [-0.2, 0) is 9.53 Å². The summed E-state index contributed by atoms with van der Waals surface area (Å²) in [7, 11) is 1.66. The van der Waals surface area contributed by atoms with Gasteiger partial charge in [-0.25, -0.2) is 4.68 Å². The second-order valence-corrected chi connectivity index (χ2v) is 6.90. The quantitative estimate of drug-likeness (QED) is 0.579. The molecule has 1 aromatic heterocycles. The molecule has 1 unspecified atom stereocenters. The molecular formula is C14H25N5O2S. The van der Waals surface area contributed by atoms with Crippen molar-refractivity contribution in [2.24, 2.45) is 0 Å². The Bertz CT molecular complexity index is 462. The average molecular weight is 327 g/mol. The van der Waals surface area contributed by atoms with Crippen molar-refractivity contribution in [1.82, 2.24) is 25.5 Å². The maximum atomic E-state index is 12.1. The van der Waals surface area contributed by atoms with Crippen LogP contribution in [0.2, 0.25) is 0 Å². The van der Waals surface area contributed by atoms with Crippen LogP contribution in [-0.4, -0.2) is 51.6 Å². The summed E-state index contributed by atoms with van der Waals surface area (Å²) < 4.78 is 6.87. The first kappa shape index (κ1) is 17.2. The fourth-order valence-corrected chi connectivity index (χ4v) is 3.49. The van der Waals surface area contributed by atoms with Crippen LogP contribution in [0.1, 0.15) is 51.5 Å². The number of carbonyl (C=O) groups excluding carboxylic acids is 1. The fourth-order valence-electron chi connectivity index (χ4n) is 2.60. The van der Waals surface area contributed by atoms with E-state index in [2.05, 4.69) is 20.8 Å². The van der Waals surface area contributed by atoms with Gasteiger partial charge in [0.1, 0.15) is 0 Å². The van der Waals surface area contributed by atoms with Crippen molar-refractivity contribution < 1.29 is 9.53 Å². The number of hydrogen-bond donors (Lipinski definition) is 1. The van der Waals surface area contributed by atoms with Crippen LogP contribution in [0.5, 0.6) is 0 Å². The largest absolute Gasteiger partial charge is 0.385 e. The minimum absolute atomic E-state index is 0.0132. The molecular weight excluding hydrogens is 302 g/mol. The van der Waals surface area contributed by atoms with Crippen molar-refractivity contribution in [2.45, 2.75) is 61.9 Å². The number of rotatable bonds is 8. The predicted molar refractivity (Wildman–Crippen MR) is 84.8 cm³/mol. The minimum Gasteiger partial charge on any atom is -0.385 e. The van der Waals surface area contributed by atoms with Crippen LogP contribution >= 0.6 is 11.8 Å². The van der Waals surface area contributed by atoms with Gasteiger partial charge in [0.2, 0.25) is 11.1 Å². The Morgan fingerprint density at radius 2 is 2.23 bits per heavy atom. The van der Waals surface area contributed by atoms with Gasteiger partial charge in [-0.05, 0) is 36.6 Å². The average Bonchev–Trinajstić information content (AvgIpc) is 3.00. The third-order valence-electron chi connectivity index (χ3n) is 3.86. The number of thioether (sulfide) groups is 1. The number of nitrogens with zero attached hydrogens (tertiary/aromatic N) is 4. The molecule has 1 atom stereocenters. The summed E-state index contributed by atoms with van der Waals surface area (Å²) in [6.07, 6.45) is 6.81. The molecule has 1 heterocycles. The number of amides is 1. The summed E-state index contributed by atoms with van der Waals surface area (Å²) in [6, 6.07) is 0.378. The van der Waals surface area contributed by atoms with E-state index in [0.717, 1.165) is 24.4 Å². The Morgan fingerprint density at radius 1 is 1.45 bits per heavy atom. The molecule has 1 aliphatic carbocycles. The molecule has 1 fully saturated rings. The highest BCUT2D eigenvalue weighted by molar-refractivity contribution is 8.00. The zero-order valence-electron chi connectivity index (χ0n) is 13.3. The highest BCUT2D eigenvalue weighted by atomic mass is 32.2. The molecule has 0 aromatic carbocycles. The van der Waals surface area contributed by atoms with Gasteiger partial charge in [0, 0.05) is 20.3 Å². The van der Waals surface area contributed by atoms with Crippen LogP contribution in [0.3, 0.4) is 0 Å². The molecule has 1 saturated carbocycles. The second kappa shape index (κ2) is 9.09. The number of ether oxygens (including phenoxy) is 1. The first-order valence-electron chi connectivity index (χ1n) is 7.93. The molecule has 0 bridgehead atoms. The Morgan fingerprint density at radius 3 is 2.95 bits per heavy atom. The Hall–Kier alpha value is -1.15. The van der Waals surface area contributed by atoms with Crippen molar-refractivity contribution in [2.75, 3.05) is 20.3 Å². The lowest BCUT2D eigenvalue weighted by atomic mass is 9.96. The van der Waals surface area contributed by atoms with Crippen molar-refractivity contribution in [3.05, 3.63) is 0 Å². The minimum atomic E-state index is -0.212. The van der Waals surface area contributed by atoms with Gasteiger partial charge in [-0.15, -0.1) is 5.10 Å². The molecule has 0 saturated heterocycles. The molecule has 7 nitrogen and oxygen atoms in total. The van der Waals surface area contributed by atoms with Crippen molar-refractivity contribution >= 4 is 17.7 Å². The standard InChI is InChI=1S/C14H25N5O2S/c1-11(13(20)15-9-6-10-21-2)22-14-16-17-18-19(14)12-7-4-3-5-8-12/h11-12H,3-10H2,1-2H3,(H,15,20). The van der Waals surface area contributed by atoms with Crippen LogP contribution in [0.15, 0.2) is 5.16 Å². The van der Waals surface area contributed by atoms with Crippen molar-refractivity contribution in [3.63, 3.8) is 0 Å². The Balaban J connectivity index is 1.84. The number of carbonyl (C=O) groups is 1. The highest BCUT2D eigenvalue weighted by Gasteiger charge is 2.23. The monoisotopic (exact) mass is 327 g/mol. The van der Waals surface area contributed by atoms with Gasteiger partial charge in [0.05, 0.1) is 11.3 Å². The lowest BCUT2D eigenvalue weighted by Gasteiger charge is -2.22. The molecule has 124 valence electrons. The van der Waals surface area contributed by atoms with E-state index >= 15 is 0 Å². The predicted octanol–water partition coefficient (Wildman–Crippen LogP) is 1.81. The fraction of sp³-hybridized carbons (Fsp3) is 0.857. The highest BCUT2D eigenvalue weighted by Crippen LogP contribution is 2.31. The topological polar surface area (TPSA) is 81.9 Å². The molecule has 2 rings (SSSR count). The van der Waals surface area contributed by atoms with Gasteiger partial charge in [-0.1, -0.05) is 31.0 Å². The molecule has 22 heavy (non-hydrogen) atoms. The van der Waals surface area contributed by atoms with E-state index in [-0.39, 0.29) is 11.2 Å². The zero-order chi connectivity index (χ0) is 15.8. The number of aromatic nitrogens is 4. The van der Waals surface area contributed by atoms with E-state index in [1.54, 1.807) is 7.11 Å². The van der Waals surface area contributed by atoms with E-state index in [1.165, 1.54) is 31.0 Å². The summed E-state index contributed by atoms with van der Waals surface area (Å²) in [5.41, 5.74) is 0. The molecule has 1 amide bonds. The van der Waals surface area contributed by atoms with Gasteiger partial charge >= 0.3 is 0 Å². The SMILES string of the molecule is COCCCNC(=O)C(C)Sc1nnnn1C1CCCCC1. The smallest absolute Gasteiger partial charge is 0.233 e. The van der Waals surface area contributed by atoms with Gasteiger partial charge in [-0.2, -0.15) is 0 Å². The Labute approximate surface area is 135 Å². The number of methoxy groups -OCH3 is 1. The number of hydrogen-bond acceptors (Lipinski definition) is 6. The van der Waals surface area contributed by atoms with Crippen LogP contribution in [0.25, 0.3) is 0 Å². The first-order valence-corrected chi connectivity index (χ1v) is 8.81. The van der Waals surface area contributed by atoms with E-state index in [1.807, 2.05) is 11.6 Å². The van der Waals surface area contributed by atoms with E-state index in [0.29, 0.717) is 19.2 Å². The van der Waals surface area contributed by atoms with Crippen molar-refractivity contribution in [3.8, 4) is 0 Å². The molecule has 0 aliphatic heterocycles. The summed E-state index contributed by atoms with van der Waals surface area (Å²) in [5.74, 6) is 0.0132. The van der Waals surface area contributed by atoms with Crippen molar-refractivity contribution in [1.29, 1.82) is 0 Å². The molecule has 1 aromatic rings. The van der Waals surface area contributed by atoms with Gasteiger partial charge in [0.15, 0.2) is 0 Å². The maximum Gasteiger partial charge on any atom is 0.233 e. The normalized spacial score (nSPS) is 17.4. The van der Waals surface area contributed by atoms with Crippen LogP contribution in [0, 0.1) is 0 Å². The lowest BCUT2D eigenvalue weighted by molar-refractivity contribution is -0.120.